The smallest absolute Gasteiger partial charge is 0.227 e. The molecule has 0 saturated carbocycles. The summed E-state index contributed by atoms with van der Waals surface area (Å²) in [5.74, 6) is 0.228. The second kappa shape index (κ2) is 7.92. The van der Waals surface area contributed by atoms with Crippen LogP contribution in [0.2, 0.25) is 0 Å². The monoisotopic (exact) mass is 379 g/mol. The Hall–Kier alpha value is -3.02. The fourth-order valence-electron chi connectivity index (χ4n) is 4.03. The Balaban J connectivity index is 1.28. The first-order chi connectivity index (χ1) is 13.6. The van der Waals surface area contributed by atoms with E-state index in [0.29, 0.717) is 45.4 Å². The van der Waals surface area contributed by atoms with Gasteiger partial charge in [0.25, 0.3) is 0 Å². The Labute approximate surface area is 164 Å². The fraction of sp³-hybridized carbons (Fsp3) is 0.364. The summed E-state index contributed by atoms with van der Waals surface area (Å²) in [4.78, 5) is 28.9. The summed E-state index contributed by atoms with van der Waals surface area (Å²) < 4.78 is 0. The lowest BCUT2D eigenvalue weighted by Gasteiger charge is -2.36. The highest BCUT2D eigenvalue weighted by atomic mass is 16.3. The third-order valence-electron chi connectivity index (χ3n) is 5.67. The van der Waals surface area contributed by atoms with Crippen molar-refractivity contribution in [3.05, 3.63) is 54.1 Å². The third kappa shape index (κ3) is 3.81. The normalized spacial score (nSPS) is 19.1. The number of para-hydroxylation sites is 3. The number of carbonyl (C=O) groups is 2. The van der Waals surface area contributed by atoms with Gasteiger partial charge in [0.15, 0.2) is 0 Å². The topological polar surface area (TPSA) is 72.9 Å². The SMILES string of the molecule is O=C1Nc2ccccc2C[C@H]1CCC(=O)N1CCN(c2ccccc2O)CC1. The van der Waals surface area contributed by atoms with Crippen LogP contribution in [0.4, 0.5) is 11.4 Å². The van der Waals surface area contributed by atoms with Gasteiger partial charge in [-0.1, -0.05) is 30.3 Å². The molecule has 6 heteroatoms. The number of rotatable bonds is 4. The fourth-order valence-corrected chi connectivity index (χ4v) is 4.03. The summed E-state index contributed by atoms with van der Waals surface area (Å²) in [6, 6.07) is 15.1. The number of fused-ring (bicyclic) bond motifs is 1. The van der Waals surface area contributed by atoms with E-state index in [4.69, 9.17) is 0 Å². The van der Waals surface area contributed by atoms with Gasteiger partial charge < -0.3 is 20.2 Å². The van der Waals surface area contributed by atoms with Gasteiger partial charge in [-0.25, -0.2) is 0 Å². The van der Waals surface area contributed by atoms with Crippen LogP contribution in [0.15, 0.2) is 48.5 Å². The maximum Gasteiger partial charge on any atom is 0.227 e. The number of hydrogen-bond donors (Lipinski definition) is 2. The van der Waals surface area contributed by atoms with Crippen molar-refractivity contribution in [2.75, 3.05) is 36.4 Å². The molecule has 0 radical (unpaired) electrons. The molecule has 0 spiro atoms. The molecule has 2 aromatic carbocycles. The number of phenols is 1. The lowest BCUT2D eigenvalue weighted by molar-refractivity contribution is -0.132. The van der Waals surface area contributed by atoms with Crippen LogP contribution in [0.3, 0.4) is 0 Å². The van der Waals surface area contributed by atoms with E-state index in [1.165, 1.54) is 0 Å². The molecule has 2 aromatic rings. The highest BCUT2D eigenvalue weighted by Gasteiger charge is 2.28. The summed E-state index contributed by atoms with van der Waals surface area (Å²) in [7, 11) is 0. The summed E-state index contributed by atoms with van der Waals surface area (Å²) in [6.45, 7) is 2.65. The second-order valence-corrected chi connectivity index (χ2v) is 7.44. The summed E-state index contributed by atoms with van der Waals surface area (Å²) in [6.07, 6.45) is 1.64. The zero-order valence-electron chi connectivity index (χ0n) is 15.8. The maximum absolute atomic E-state index is 12.6. The van der Waals surface area contributed by atoms with Crippen molar-refractivity contribution in [1.82, 2.24) is 4.90 Å². The van der Waals surface area contributed by atoms with Crippen molar-refractivity contribution in [3.63, 3.8) is 0 Å². The zero-order chi connectivity index (χ0) is 19.5. The number of piperazine rings is 1. The van der Waals surface area contributed by atoms with Crippen molar-refractivity contribution < 1.29 is 14.7 Å². The molecule has 4 rings (SSSR count). The van der Waals surface area contributed by atoms with E-state index in [0.717, 1.165) is 16.9 Å². The number of carbonyl (C=O) groups excluding carboxylic acids is 2. The lowest BCUT2D eigenvalue weighted by atomic mass is 9.89. The summed E-state index contributed by atoms with van der Waals surface area (Å²) >= 11 is 0. The largest absolute Gasteiger partial charge is 0.506 e. The Kier molecular flexibility index (Phi) is 5.19. The van der Waals surface area contributed by atoms with E-state index in [9.17, 15) is 14.7 Å². The molecule has 2 heterocycles. The Morgan fingerprint density at radius 1 is 1.04 bits per heavy atom. The van der Waals surface area contributed by atoms with Gasteiger partial charge in [-0.15, -0.1) is 0 Å². The average Bonchev–Trinajstić information content (AvgIpc) is 2.72. The molecule has 1 saturated heterocycles. The van der Waals surface area contributed by atoms with Crippen LogP contribution in [0.5, 0.6) is 5.75 Å². The van der Waals surface area contributed by atoms with Crippen molar-refractivity contribution in [2.45, 2.75) is 19.3 Å². The van der Waals surface area contributed by atoms with Crippen molar-refractivity contribution in [3.8, 4) is 5.75 Å². The van der Waals surface area contributed by atoms with E-state index in [-0.39, 0.29) is 23.5 Å². The first-order valence-electron chi connectivity index (χ1n) is 9.81. The van der Waals surface area contributed by atoms with E-state index in [1.54, 1.807) is 12.1 Å². The summed E-state index contributed by atoms with van der Waals surface area (Å²) in [5, 5.41) is 12.9. The van der Waals surface area contributed by atoms with E-state index in [1.807, 2.05) is 41.3 Å². The quantitative estimate of drug-likeness (QED) is 0.857. The molecule has 0 aliphatic carbocycles. The molecule has 0 bridgehead atoms. The van der Waals surface area contributed by atoms with Crippen molar-refractivity contribution in [1.29, 1.82) is 0 Å². The van der Waals surface area contributed by atoms with Gasteiger partial charge >= 0.3 is 0 Å². The van der Waals surface area contributed by atoms with Gasteiger partial charge in [-0.05, 0) is 36.6 Å². The summed E-state index contributed by atoms with van der Waals surface area (Å²) in [5.41, 5.74) is 2.83. The molecule has 2 N–H and O–H groups in total. The minimum absolute atomic E-state index is 0.0101. The van der Waals surface area contributed by atoms with Gasteiger partial charge in [0.05, 0.1) is 5.69 Å². The van der Waals surface area contributed by atoms with E-state index >= 15 is 0 Å². The number of benzene rings is 2. The Morgan fingerprint density at radius 2 is 1.75 bits per heavy atom. The van der Waals surface area contributed by atoms with Gasteiger partial charge in [0, 0.05) is 44.2 Å². The molecule has 28 heavy (non-hydrogen) atoms. The number of aromatic hydroxyl groups is 1. The molecular formula is C22H25N3O3. The number of hydrogen-bond acceptors (Lipinski definition) is 4. The number of anilines is 2. The molecular weight excluding hydrogens is 354 g/mol. The number of phenolic OH excluding ortho intramolecular Hbond substituents is 1. The van der Waals surface area contributed by atoms with E-state index in [2.05, 4.69) is 10.2 Å². The predicted molar refractivity (Wildman–Crippen MR) is 108 cm³/mol. The lowest BCUT2D eigenvalue weighted by Crippen LogP contribution is -2.49. The van der Waals surface area contributed by atoms with Crippen LogP contribution in [-0.2, 0) is 16.0 Å². The van der Waals surface area contributed by atoms with E-state index < -0.39 is 0 Å². The molecule has 1 atom stereocenters. The van der Waals surface area contributed by atoms with Gasteiger partial charge in [-0.2, -0.15) is 0 Å². The van der Waals surface area contributed by atoms with Crippen LogP contribution in [0, 0.1) is 5.92 Å². The van der Waals surface area contributed by atoms with Gasteiger partial charge in [0.2, 0.25) is 11.8 Å². The highest BCUT2D eigenvalue weighted by molar-refractivity contribution is 5.96. The van der Waals surface area contributed by atoms with Crippen LogP contribution in [0.25, 0.3) is 0 Å². The molecule has 6 nitrogen and oxygen atoms in total. The zero-order valence-corrected chi connectivity index (χ0v) is 15.8. The van der Waals surface area contributed by atoms with Gasteiger partial charge in [-0.3, -0.25) is 9.59 Å². The predicted octanol–water partition coefficient (Wildman–Crippen LogP) is 2.63. The first-order valence-corrected chi connectivity index (χ1v) is 9.81. The highest BCUT2D eigenvalue weighted by Crippen LogP contribution is 2.29. The molecule has 2 aliphatic heterocycles. The standard InChI is InChI=1S/C22H25N3O3/c26-20-8-4-3-7-19(20)24-11-13-25(14-12-24)21(27)10-9-17-15-16-5-1-2-6-18(16)23-22(17)28/h1-8,17,26H,9-15H2,(H,23,28)/t17-/m1/s1. The maximum atomic E-state index is 12.6. The van der Waals surface area contributed by atoms with Crippen LogP contribution in [-0.4, -0.2) is 48.0 Å². The Morgan fingerprint density at radius 3 is 2.54 bits per heavy atom. The van der Waals surface area contributed by atoms with Crippen molar-refractivity contribution in [2.24, 2.45) is 5.92 Å². The first kappa shape index (κ1) is 18.3. The van der Waals surface area contributed by atoms with Crippen molar-refractivity contribution >= 4 is 23.2 Å². The van der Waals surface area contributed by atoms with Gasteiger partial charge in [0.1, 0.15) is 5.75 Å². The second-order valence-electron chi connectivity index (χ2n) is 7.44. The number of amides is 2. The minimum atomic E-state index is -0.151. The molecule has 0 aromatic heterocycles. The minimum Gasteiger partial charge on any atom is -0.506 e. The van der Waals surface area contributed by atoms with Crippen LogP contribution in [0.1, 0.15) is 18.4 Å². The molecule has 1 fully saturated rings. The van der Waals surface area contributed by atoms with Crippen LogP contribution >= 0.6 is 0 Å². The molecule has 2 amide bonds. The average molecular weight is 379 g/mol. The Bertz CT molecular complexity index is 875. The molecule has 146 valence electrons. The van der Waals surface area contributed by atoms with Crippen LogP contribution < -0.4 is 10.2 Å². The number of nitrogens with zero attached hydrogens (tertiary/aromatic N) is 2. The number of nitrogens with one attached hydrogen (secondary N) is 1. The third-order valence-corrected chi connectivity index (χ3v) is 5.67. The molecule has 0 unspecified atom stereocenters. The molecule has 2 aliphatic rings.